The van der Waals surface area contributed by atoms with Crippen LogP contribution in [0, 0.1) is 0 Å². The Morgan fingerprint density at radius 2 is 2.12 bits per heavy atom. The first-order valence-corrected chi connectivity index (χ1v) is 5.70. The third kappa shape index (κ3) is 3.91. The Labute approximate surface area is 99.3 Å². The van der Waals surface area contributed by atoms with Gasteiger partial charge in [0.2, 0.25) is 0 Å². The quantitative estimate of drug-likeness (QED) is 0.808. The number of nitrogens with one attached hydrogen (secondary N) is 1. The topological polar surface area (TPSA) is 24.4 Å². The van der Waals surface area contributed by atoms with Crippen LogP contribution in [0.25, 0.3) is 0 Å². The summed E-state index contributed by atoms with van der Waals surface area (Å²) >= 11 is 0. The van der Waals surface area contributed by atoms with E-state index >= 15 is 0 Å². The van der Waals surface area contributed by atoms with E-state index in [1.54, 1.807) is 13.3 Å². The van der Waals surface area contributed by atoms with Crippen LogP contribution in [-0.4, -0.2) is 19.4 Å². The summed E-state index contributed by atoms with van der Waals surface area (Å²) in [5.74, 6) is 0. The molecule has 0 saturated carbocycles. The fourth-order valence-corrected chi connectivity index (χ4v) is 1.67. The first-order valence-electron chi connectivity index (χ1n) is 5.70. The van der Waals surface area contributed by atoms with Gasteiger partial charge in [-0.3, -0.25) is 4.99 Å². The summed E-state index contributed by atoms with van der Waals surface area (Å²) in [6.45, 7) is 1.85. The van der Waals surface area contributed by atoms with Crippen LogP contribution in [0.5, 0.6) is 0 Å². The van der Waals surface area contributed by atoms with Crippen molar-refractivity contribution in [1.29, 1.82) is 0 Å². The van der Waals surface area contributed by atoms with E-state index in [9.17, 15) is 13.2 Å². The third-order valence-corrected chi connectivity index (χ3v) is 2.53. The fraction of sp³-hybridized carbons (Fsp3) is 0.583. The van der Waals surface area contributed by atoms with E-state index in [0.29, 0.717) is 31.4 Å². The van der Waals surface area contributed by atoms with Crippen molar-refractivity contribution in [2.24, 2.45) is 4.99 Å². The van der Waals surface area contributed by atoms with Crippen molar-refractivity contribution in [2.75, 3.05) is 7.05 Å². The normalized spacial score (nSPS) is 20.6. The van der Waals surface area contributed by atoms with Crippen molar-refractivity contribution in [2.45, 2.75) is 38.8 Å². The molecule has 0 aliphatic carbocycles. The standard InChI is InChI=1S/C12H17F3N2/c1-3-5-11-10(12(13,14)15)8-9(16-2)6-4-7-17-11/h7-8,16H,3-6H2,1-2H3/b9-8+,11-10?,17-7?. The van der Waals surface area contributed by atoms with Gasteiger partial charge in [-0.05, 0) is 25.3 Å². The van der Waals surface area contributed by atoms with Crippen LogP contribution >= 0.6 is 0 Å². The second kappa shape index (κ2) is 5.89. The van der Waals surface area contributed by atoms with Crippen molar-refractivity contribution < 1.29 is 13.2 Å². The summed E-state index contributed by atoms with van der Waals surface area (Å²) in [5.41, 5.74) is 0.101. The summed E-state index contributed by atoms with van der Waals surface area (Å²) in [6, 6.07) is 0. The van der Waals surface area contributed by atoms with Gasteiger partial charge in [0.05, 0.1) is 11.3 Å². The average molecular weight is 246 g/mol. The van der Waals surface area contributed by atoms with Gasteiger partial charge >= 0.3 is 6.18 Å². The lowest BCUT2D eigenvalue weighted by atomic mass is 10.1. The van der Waals surface area contributed by atoms with Gasteiger partial charge in [-0.2, -0.15) is 13.2 Å². The van der Waals surface area contributed by atoms with Gasteiger partial charge < -0.3 is 5.32 Å². The Kier molecular flexibility index (Phi) is 4.78. The molecule has 0 aromatic carbocycles. The average Bonchev–Trinajstić information content (AvgIpc) is 2.21. The fourth-order valence-electron chi connectivity index (χ4n) is 1.67. The molecule has 0 amide bonds. The lowest BCUT2D eigenvalue weighted by Crippen LogP contribution is -2.17. The first-order chi connectivity index (χ1) is 7.99. The highest BCUT2D eigenvalue weighted by atomic mass is 19.4. The summed E-state index contributed by atoms with van der Waals surface area (Å²) in [4.78, 5) is 3.95. The molecule has 1 aliphatic heterocycles. The van der Waals surface area contributed by atoms with Gasteiger partial charge in [0.25, 0.3) is 0 Å². The van der Waals surface area contributed by atoms with E-state index in [4.69, 9.17) is 0 Å². The van der Waals surface area contributed by atoms with E-state index in [0.717, 1.165) is 0 Å². The van der Waals surface area contributed by atoms with Crippen LogP contribution in [0.2, 0.25) is 0 Å². The minimum Gasteiger partial charge on any atom is -0.391 e. The minimum atomic E-state index is -4.35. The Bertz CT molecular complexity index is 351. The SMILES string of the molecule is CCCC1=C(C(F)(F)F)/C=C(/NC)CCC=N1. The first kappa shape index (κ1) is 13.8. The van der Waals surface area contributed by atoms with Crippen molar-refractivity contribution in [3.05, 3.63) is 23.0 Å². The van der Waals surface area contributed by atoms with Gasteiger partial charge in [0, 0.05) is 19.0 Å². The molecule has 5 heteroatoms. The number of aliphatic imine (C=N–C) groups is 1. The molecule has 1 rings (SSSR count). The smallest absolute Gasteiger partial charge is 0.391 e. The maximum absolute atomic E-state index is 12.9. The maximum atomic E-state index is 12.9. The van der Waals surface area contributed by atoms with Crippen LogP contribution in [0.4, 0.5) is 13.2 Å². The number of alkyl halides is 3. The second-order valence-corrected chi connectivity index (χ2v) is 3.88. The molecule has 0 atom stereocenters. The summed E-state index contributed by atoms with van der Waals surface area (Å²) in [6.07, 6.45) is 0.613. The summed E-state index contributed by atoms with van der Waals surface area (Å²) in [5, 5.41) is 2.80. The van der Waals surface area contributed by atoms with Gasteiger partial charge in [-0.15, -0.1) is 0 Å². The molecule has 1 heterocycles. The van der Waals surface area contributed by atoms with Crippen LogP contribution in [0.1, 0.15) is 32.6 Å². The Morgan fingerprint density at radius 3 is 2.65 bits per heavy atom. The van der Waals surface area contributed by atoms with Crippen molar-refractivity contribution in [1.82, 2.24) is 5.32 Å². The van der Waals surface area contributed by atoms with Gasteiger partial charge in [0.15, 0.2) is 0 Å². The molecule has 17 heavy (non-hydrogen) atoms. The molecule has 0 spiro atoms. The molecule has 1 N–H and O–H groups in total. The van der Waals surface area contributed by atoms with E-state index in [-0.39, 0.29) is 5.70 Å². The largest absolute Gasteiger partial charge is 0.418 e. The zero-order valence-corrected chi connectivity index (χ0v) is 10.1. The Balaban J connectivity index is 3.23. The lowest BCUT2D eigenvalue weighted by Gasteiger charge is -2.16. The van der Waals surface area contributed by atoms with Crippen molar-refractivity contribution in [3.63, 3.8) is 0 Å². The predicted octanol–water partition coefficient (Wildman–Crippen LogP) is 3.57. The van der Waals surface area contributed by atoms with Gasteiger partial charge in [0.1, 0.15) is 0 Å². The van der Waals surface area contributed by atoms with E-state index in [1.807, 2.05) is 6.92 Å². The van der Waals surface area contributed by atoms with Gasteiger partial charge in [-0.25, -0.2) is 0 Å². The molecule has 0 unspecified atom stereocenters. The van der Waals surface area contributed by atoms with E-state index in [1.165, 1.54) is 6.08 Å². The lowest BCUT2D eigenvalue weighted by molar-refractivity contribution is -0.0893. The minimum absolute atomic E-state index is 0.132. The molecule has 0 aromatic heterocycles. The molecule has 2 nitrogen and oxygen atoms in total. The van der Waals surface area contributed by atoms with Crippen LogP contribution in [0.15, 0.2) is 28.0 Å². The number of nitrogens with zero attached hydrogens (tertiary/aromatic N) is 1. The van der Waals surface area contributed by atoms with Gasteiger partial charge in [-0.1, -0.05) is 13.3 Å². The highest BCUT2D eigenvalue weighted by Gasteiger charge is 2.35. The van der Waals surface area contributed by atoms with E-state index < -0.39 is 11.7 Å². The molecule has 0 saturated heterocycles. The predicted molar refractivity (Wildman–Crippen MR) is 62.9 cm³/mol. The molecular formula is C12H17F3N2. The molecule has 0 bridgehead atoms. The van der Waals surface area contributed by atoms with Crippen LogP contribution < -0.4 is 5.32 Å². The molecule has 0 radical (unpaired) electrons. The zero-order chi connectivity index (χ0) is 12.9. The highest BCUT2D eigenvalue weighted by molar-refractivity contribution is 5.61. The van der Waals surface area contributed by atoms with Crippen LogP contribution in [0.3, 0.4) is 0 Å². The highest BCUT2D eigenvalue weighted by Crippen LogP contribution is 2.33. The summed E-state index contributed by atoms with van der Waals surface area (Å²) < 4.78 is 38.8. The monoisotopic (exact) mass is 246 g/mol. The van der Waals surface area contributed by atoms with Crippen LogP contribution in [-0.2, 0) is 0 Å². The summed E-state index contributed by atoms with van der Waals surface area (Å²) in [7, 11) is 1.64. The molecule has 1 aliphatic rings. The molecule has 0 aromatic rings. The maximum Gasteiger partial charge on any atom is 0.418 e. The number of allylic oxidation sites excluding steroid dienone is 4. The third-order valence-electron chi connectivity index (χ3n) is 2.53. The molecule has 0 fully saturated rings. The number of hydrogen-bond donors (Lipinski definition) is 1. The second-order valence-electron chi connectivity index (χ2n) is 3.88. The number of hydrogen-bond acceptors (Lipinski definition) is 2. The van der Waals surface area contributed by atoms with E-state index in [2.05, 4.69) is 10.3 Å². The number of rotatable bonds is 3. The molecule has 96 valence electrons. The van der Waals surface area contributed by atoms with Crippen molar-refractivity contribution >= 4 is 6.21 Å². The Morgan fingerprint density at radius 1 is 1.41 bits per heavy atom. The molecular weight excluding hydrogens is 229 g/mol. The zero-order valence-electron chi connectivity index (χ0n) is 10.1. The Hall–Kier alpha value is -1.26. The number of halogens is 3. The van der Waals surface area contributed by atoms with Crippen molar-refractivity contribution in [3.8, 4) is 0 Å².